The van der Waals surface area contributed by atoms with Crippen molar-refractivity contribution in [1.29, 1.82) is 0 Å². The molecule has 4 nitrogen and oxygen atoms in total. The third-order valence-electron chi connectivity index (χ3n) is 3.39. The number of rotatable bonds is 4. The molecule has 0 aromatic heterocycles. The minimum atomic E-state index is -3.27. The van der Waals surface area contributed by atoms with Crippen molar-refractivity contribution in [1.82, 2.24) is 0 Å². The Kier molecular flexibility index (Phi) is 3.21. The van der Waals surface area contributed by atoms with E-state index < -0.39 is 20.6 Å². The average Bonchev–Trinajstić information content (AvgIpc) is 2.86. The molecule has 2 N–H and O–H groups in total. The minimum Gasteiger partial charge on any atom is -0.383 e. The van der Waals surface area contributed by atoms with Gasteiger partial charge in [-0.15, -0.1) is 0 Å². The molecule has 0 heterocycles. The molecule has 3 atom stereocenters. The molecule has 0 amide bonds. The lowest BCUT2D eigenvalue weighted by Gasteiger charge is -2.10. The molecular formula is C12H16FNO3S. The zero-order valence-corrected chi connectivity index (χ0v) is 11.1. The molecule has 0 saturated heterocycles. The number of halogens is 1. The molecule has 18 heavy (non-hydrogen) atoms. The van der Waals surface area contributed by atoms with Gasteiger partial charge in [-0.3, -0.25) is 0 Å². The van der Waals surface area contributed by atoms with Crippen LogP contribution in [0.4, 0.5) is 4.39 Å². The van der Waals surface area contributed by atoms with E-state index in [4.69, 9.17) is 10.5 Å². The molecule has 2 rings (SSSR count). The van der Waals surface area contributed by atoms with Crippen LogP contribution in [0.2, 0.25) is 0 Å². The van der Waals surface area contributed by atoms with Crippen LogP contribution < -0.4 is 5.73 Å². The Morgan fingerprint density at radius 1 is 1.39 bits per heavy atom. The predicted molar refractivity (Wildman–Crippen MR) is 66.6 cm³/mol. The van der Waals surface area contributed by atoms with Gasteiger partial charge in [-0.2, -0.15) is 0 Å². The third kappa shape index (κ3) is 2.15. The Hall–Kier alpha value is -0.980. The highest BCUT2D eigenvalue weighted by Crippen LogP contribution is 2.53. The molecule has 1 fully saturated rings. The maximum atomic E-state index is 12.9. The van der Waals surface area contributed by atoms with Gasteiger partial charge in [-0.1, -0.05) is 12.1 Å². The van der Waals surface area contributed by atoms with Crippen LogP contribution in [-0.4, -0.2) is 39.2 Å². The second-order valence-corrected chi connectivity index (χ2v) is 6.99. The highest BCUT2D eigenvalue weighted by atomic mass is 32.2. The van der Waals surface area contributed by atoms with Gasteiger partial charge in [0, 0.05) is 19.3 Å². The summed E-state index contributed by atoms with van der Waals surface area (Å²) in [5, 5.41) is -0.671. The van der Waals surface area contributed by atoms with Gasteiger partial charge in [0.05, 0.1) is 17.4 Å². The summed E-state index contributed by atoms with van der Waals surface area (Å²) in [6.45, 7) is 0.160. The maximum absolute atomic E-state index is 12.9. The van der Waals surface area contributed by atoms with E-state index in [0.717, 1.165) is 5.56 Å². The molecule has 0 aliphatic heterocycles. The zero-order chi connectivity index (χ0) is 13.6. The van der Waals surface area contributed by atoms with Crippen molar-refractivity contribution in [2.45, 2.75) is 16.7 Å². The fourth-order valence-electron chi connectivity index (χ4n) is 2.65. The number of ether oxygens (including phenoxy) is 1. The molecule has 100 valence electrons. The first-order valence-electron chi connectivity index (χ1n) is 5.53. The average molecular weight is 273 g/mol. The molecule has 1 saturated carbocycles. The summed E-state index contributed by atoms with van der Waals surface area (Å²) >= 11 is 0. The number of hydrogen-bond acceptors (Lipinski definition) is 4. The third-order valence-corrected chi connectivity index (χ3v) is 5.02. The van der Waals surface area contributed by atoms with Crippen molar-refractivity contribution in [3.63, 3.8) is 0 Å². The quantitative estimate of drug-likeness (QED) is 0.876. The summed E-state index contributed by atoms with van der Waals surface area (Å²) in [6.07, 6.45) is 1.17. The van der Waals surface area contributed by atoms with Crippen LogP contribution in [0.15, 0.2) is 24.3 Å². The van der Waals surface area contributed by atoms with Crippen molar-refractivity contribution in [2.75, 3.05) is 20.0 Å². The summed E-state index contributed by atoms with van der Waals surface area (Å²) in [4.78, 5) is 0. The summed E-state index contributed by atoms with van der Waals surface area (Å²) in [5.41, 5.74) is 5.92. The normalized spacial score (nSPS) is 31.3. The van der Waals surface area contributed by atoms with Crippen LogP contribution in [0.3, 0.4) is 0 Å². The summed E-state index contributed by atoms with van der Waals surface area (Å²) in [5.74, 6) is -0.697. The Morgan fingerprint density at radius 2 is 1.94 bits per heavy atom. The van der Waals surface area contributed by atoms with Crippen LogP contribution in [-0.2, 0) is 14.6 Å². The topological polar surface area (TPSA) is 69.4 Å². The molecule has 1 aromatic carbocycles. The van der Waals surface area contributed by atoms with Crippen molar-refractivity contribution < 1.29 is 17.5 Å². The molecule has 0 spiro atoms. The van der Waals surface area contributed by atoms with Crippen LogP contribution in [0.5, 0.6) is 0 Å². The SMILES string of the molecule is COCC1(N)C(c2ccc(F)cc2)C1S(C)(=O)=O. The smallest absolute Gasteiger partial charge is 0.152 e. The zero-order valence-electron chi connectivity index (χ0n) is 10.3. The number of hydrogen-bond donors (Lipinski definition) is 1. The number of sulfone groups is 1. The van der Waals surface area contributed by atoms with Gasteiger partial charge < -0.3 is 10.5 Å². The van der Waals surface area contributed by atoms with Crippen molar-refractivity contribution in [2.24, 2.45) is 5.73 Å². The molecule has 1 aliphatic rings. The second kappa shape index (κ2) is 4.29. The van der Waals surface area contributed by atoms with E-state index in [9.17, 15) is 12.8 Å². The molecule has 6 heteroatoms. The molecule has 0 bridgehead atoms. The van der Waals surface area contributed by atoms with Gasteiger partial charge in [0.1, 0.15) is 5.82 Å². The van der Waals surface area contributed by atoms with Crippen molar-refractivity contribution in [3.05, 3.63) is 35.6 Å². The Bertz CT molecular complexity index is 543. The van der Waals surface area contributed by atoms with E-state index in [0.29, 0.717) is 0 Å². The Balaban J connectivity index is 2.35. The number of benzene rings is 1. The second-order valence-electron chi connectivity index (χ2n) is 4.82. The van der Waals surface area contributed by atoms with E-state index in [1.165, 1.54) is 25.5 Å². The van der Waals surface area contributed by atoms with Gasteiger partial charge >= 0.3 is 0 Å². The standard InChI is InChI=1S/C12H16FNO3S/c1-17-7-12(14)10(11(12)18(2,15)16)8-3-5-9(13)6-4-8/h3-6,10-11H,7,14H2,1-2H3. The predicted octanol–water partition coefficient (Wildman–Crippen LogP) is 0.680. The largest absolute Gasteiger partial charge is 0.383 e. The minimum absolute atomic E-state index is 0.160. The van der Waals surface area contributed by atoms with Gasteiger partial charge in [0.25, 0.3) is 0 Å². The highest BCUT2D eigenvalue weighted by Gasteiger charge is 2.67. The number of methoxy groups -OCH3 is 1. The van der Waals surface area contributed by atoms with E-state index in [-0.39, 0.29) is 18.3 Å². The fourth-order valence-corrected chi connectivity index (χ4v) is 4.48. The monoisotopic (exact) mass is 273 g/mol. The van der Waals surface area contributed by atoms with Crippen LogP contribution in [0.1, 0.15) is 11.5 Å². The van der Waals surface area contributed by atoms with Crippen molar-refractivity contribution >= 4 is 9.84 Å². The van der Waals surface area contributed by atoms with E-state index in [1.54, 1.807) is 12.1 Å². The fraction of sp³-hybridized carbons (Fsp3) is 0.500. The molecule has 0 radical (unpaired) electrons. The Morgan fingerprint density at radius 3 is 2.39 bits per heavy atom. The van der Waals surface area contributed by atoms with Crippen molar-refractivity contribution in [3.8, 4) is 0 Å². The lowest BCUT2D eigenvalue weighted by molar-refractivity contribution is 0.171. The van der Waals surface area contributed by atoms with Gasteiger partial charge in [0.15, 0.2) is 9.84 Å². The van der Waals surface area contributed by atoms with Gasteiger partial charge in [-0.25, -0.2) is 12.8 Å². The first-order chi connectivity index (χ1) is 8.30. The summed E-state index contributed by atoms with van der Waals surface area (Å²) in [6, 6.07) is 5.76. The molecule has 1 aliphatic carbocycles. The summed E-state index contributed by atoms with van der Waals surface area (Å²) in [7, 11) is -1.79. The van der Waals surface area contributed by atoms with Crippen LogP contribution in [0, 0.1) is 5.82 Å². The Labute approximate surface area is 106 Å². The lowest BCUT2D eigenvalue weighted by atomic mass is 10.1. The highest BCUT2D eigenvalue weighted by molar-refractivity contribution is 7.91. The molecule has 1 aromatic rings. The van der Waals surface area contributed by atoms with E-state index in [2.05, 4.69) is 0 Å². The van der Waals surface area contributed by atoms with Crippen LogP contribution >= 0.6 is 0 Å². The summed E-state index contributed by atoms with van der Waals surface area (Å²) < 4.78 is 41.3. The van der Waals surface area contributed by atoms with Gasteiger partial charge in [-0.05, 0) is 17.7 Å². The maximum Gasteiger partial charge on any atom is 0.152 e. The molecular weight excluding hydrogens is 257 g/mol. The van der Waals surface area contributed by atoms with Crippen LogP contribution in [0.25, 0.3) is 0 Å². The first kappa shape index (κ1) is 13.5. The molecule has 3 unspecified atom stereocenters. The number of nitrogens with two attached hydrogens (primary N) is 1. The lowest BCUT2D eigenvalue weighted by Crippen LogP contribution is -2.35. The first-order valence-corrected chi connectivity index (χ1v) is 7.48. The van der Waals surface area contributed by atoms with Gasteiger partial charge in [0.2, 0.25) is 0 Å². The van der Waals surface area contributed by atoms with E-state index >= 15 is 0 Å². The van der Waals surface area contributed by atoms with E-state index in [1.807, 2.05) is 0 Å².